The molecule has 1 fully saturated rings. The van der Waals surface area contributed by atoms with Crippen LogP contribution in [0.15, 0.2) is 12.1 Å². The average molecular weight is 293 g/mol. The lowest BCUT2D eigenvalue weighted by atomic mass is 9.99. The summed E-state index contributed by atoms with van der Waals surface area (Å²) in [6.45, 7) is 0.680. The predicted molar refractivity (Wildman–Crippen MR) is 71.8 cm³/mol. The number of hydrogen-bond acceptors (Lipinski definition) is 6. The van der Waals surface area contributed by atoms with Gasteiger partial charge in [-0.2, -0.15) is 0 Å². The SMILES string of the molecule is COC(=O)c1cc2c(cc1OC)OC1(CCOC1)C(=O)N2. The van der Waals surface area contributed by atoms with E-state index >= 15 is 0 Å². The summed E-state index contributed by atoms with van der Waals surface area (Å²) in [5.41, 5.74) is -0.356. The molecule has 2 aliphatic rings. The fourth-order valence-electron chi connectivity index (χ4n) is 2.48. The number of esters is 1. The van der Waals surface area contributed by atoms with Gasteiger partial charge < -0.3 is 24.3 Å². The topological polar surface area (TPSA) is 83.1 Å². The number of carbonyl (C=O) groups is 2. The van der Waals surface area contributed by atoms with Crippen molar-refractivity contribution in [1.29, 1.82) is 0 Å². The number of carbonyl (C=O) groups excluding carboxylic acids is 2. The Morgan fingerprint density at radius 3 is 2.81 bits per heavy atom. The fraction of sp³-hybridized carbons (Fsp3) is 0.429. The monoisotopic (exact) mass is 293 g/mol. The van der Waals surface area contributed by atoms with Gasteiger partial charge in [-0.15, -0.1) is 0 Å². The fourth-order valence-corrected chi connectivity index (χ4v) is 2.48. The molecule has 1 unspecified atom stereocenters. The van der Waals surface area contributed by atoms with E-state index in [2.05, 4.69) is 5.32 Å². The molecule has 1 spiro atoms. The largest absolute Gasteiger partial charge is 0.496 e. The van der Waals surface area contributed by atoms with Crippen LogP contribution in [0.3, 0.4) is 0 Å². The number of rotatable bonds is 2. The predicted octanol–water partition coefficient (Wildman–Crippen LogP) is 0.972. The number of benzene rings is 1. The van der Waals surface area contributed by atoms with Gasteiger partial charge in [0.15, 0.2) is 0 Å². The summed E-state index contributed by atoms with van der Waals surface area (Å²) in [5, 5.41) is 2.76. The molecule has 1 amide bonds. The third kappa shape index (κ3) is 2.09. The molecule has 2 heterocycles. The number of hydrogen-bond donors (Lipinski definition) is 1. The van der Waals surface area contributed by atoms with E-state index in [1.165, 1.54) is 20.3 Å². The van der Waals surface area contributed by atoms with E-state index in [1.807, 2.05) is 0 Å². The molecule has 2 aliphatic heterocycles. The van der Waals surface area contributed by atoms with Gasteiger partial charge in [-0.05, 0) is 6.07 Å². The number of ether oxygens (including phenoxy) is 4. The molecule has 1 atom stereocenters. The standard InChI is InChI=1S/C14H15NO6/c1-18-10-6-11-9(5-8(10)12(16)19-2)15-13(17)14(21-11)3-4-20-7-14/h5-6H,3-4,7H2,1-2H3,(H,15,17). The molecule has 0 aromatic heterocycles. The molecular formula is C14H15NO6. The van der Waals surface area contributed by atoms with Crippen LogP contribution in [-0.4, -0.2) is 44.9 Å². The second-order valence-corrected chi connectivity index (χ2v) is 4.89. The van der Waals surface area contributed by atoms with Crippen molar-refractivity contribution in [2.45, 2.75) is 12.0 Å². The first-order valence-corrected chi connectivity index (χ1v) is 6.48. The third-order valence-corrected chi connectivity index (χ3v) is 3.66. The van der Waals surface area contributed by atoms with Crippen LogP contribution < -0.4 is 14.8 Å². The Morgan fingerprint density at radius 2 is 2.19 bits per heavy atom. The second-order valence-electron chi connectivity index (χ2n) is 4.89. The highest BCUT2D eigenvalue weighted by molar-refractivity contribution is 6.03. The second kappa shape index (κ2) is 4.92. The van der Waals surface area contributed by atoms with Crippen LogP contribution in [0.5, 0.6) is 11.5 Å². The maximum Gasteiger partial charge on any atom is 0.341 e. The first-order chi connectivity index (χ1) is 10.1. The summed E-state index contributed by atoms with van der Waals surface area (Å²) in [6, 6.07) is 3.06. The molecule has 0 aliphatic carbocycles. The lowest BCUT2D eigenvalue weighted by Crippen LogP contribution is -2.51. The Morgan fingerprint density at radius 1 is 1.38 bits per heavy atom. The summed E-state index contributed by atoms with van der Waals surface area (Å²) in [7, 11) is 2.73. The van der Waals surface area contributed by atoms with Gasteiger partial charge in [0.25, 0.3) is 5.91 Å². The molecule has 3 rings (SSSR count). The van der Waals surface area contributed by atoms with Crippen molar-refractivity contribution in [2.75, 3.05) is 32.8 Å². The smallest absolute Gasteiger partial charge is 0.341 e. The van der Waals surface area contributed by atoms with Crippen LogP contribution in [0.1, 0.15) is 16.8 Å². The quantitative estimate of drug-likeness (QED) is 0.818. The normalized spacial score (nSPS) is 23.2. The molecule has 1 saturated heterocycles. The maximum absolute atomic E-state index is 12.2. The number of amides is 1. The summed E-state index contributed by atoms with van der Waals surface area (Å²) in [4.78, 5) is 24.0. The zero-order valence-corrected chi connectivity index (χ0v) is 11.7. The van der Waals surface area contributed by atoms with Crippen molar-refractivity contribution in [3.63, 3.8) is 0 Å². The Labute approximate surface area is 121 Å². The van der Waals surface area contributed by atoms with E-state index in [0.29, 0.717) is 30.2 Å². The zero-order chi connectivity index (χ0) is 15.0. The van der Waals surface area contributed by atoms with Crippen molar-refractivity contribution in [1.82, 2.24) is 0 Å². The number of methoxy groups -OCH3 is 2. The van der Waals surface area contributed by atoms with Crippen molar-refractivity contribution >= 4 is 17.6 Å². The van der Waals surface area contributed by atoms with Gasteiger partial charge in [0.05, 0.1) is 33.1 Å². The number of fused-ring (bicyclic) bond motifs is 1. The maximum atomic E-state index is 12.2. The molecule has 1 aromatic carbocycles. The lowest BCUT2D eigenvalue weighted by Gasteiger charge is -2.33. The molecule has 7 nitrogen and oxygen atoms in total. The van der Waals surface area contributed by atoms with Crippen LogP contribution in [0, 0.1) is 0 Å². The van der Waals surface area contributed by atoms with Gasteiger partial charge >= 0.3 is 5.97 Å². The van der Waals surface area contributed by atoms with Gasteiger partial charge in [-0.3, -0.25) is 4.79 Å². The molecule has 1 aromatic rings. The molecule has 7 heteroatoms. The summed E-state index contributed by atoms with van der Waals surface area (Å²) in [6.07, 6.45) is 0.485. The van der Waals surface area contributed by atoms with Gasteiger partial charge in [0, 0.05) is 12.5 Å². The minimum atomic E-state index is -0.995. The van der Waals surface area contributed by atoms with Crippen molar-refractivity contribution < 1.29 is 28.5 Å². The van der Waals surface area contributed by atoms with E-state index in [0.717, 1.165) is 0 Å². The molecule has 0 saturated carbocycles. The minimum Gasteiger partial charge on any atom is -0.496 e. The minimum absolute atomic E-state index is 0.208. The van der Waals surface area contributed by atoms with Gasteiger partial charge in [-0.1, -0.05) is 0 Å². The van der Waals surface area contributed by atoms with E-state index in [4.69, 9.17) is 18.9 Å². The molecule has 0 bridgehead atoms. The average Bonchev–Trinajstić information content (AvgIpc) is 2.96. The van der Waals surface area contributed by atoms with Crippen LogP contribution >= 0.6 is 0 Å². The van der Waals surface area contributed by atoms with E-state index in [9.17, 15) is 9.59 Å². The molecule has 112 valence electrons. The van der Waals surface area contributed by atoms with Crippen molar-refractivity contribution in [2.24, 2.45) is 0 Å². The third-order valence-electron chi connectivity index (χ3n) is 3.66. The van der Waals surface area contributed by atoms with Crippen molar-refractivity contribution in [3.8, 4) is 11.5 Å². The Bertz CT molecular complexity index is 606. The number of anilines is 1. The van der Waals surface area contributed by atoms with Gasteiger partial charge in [0.2, 0.25) is 5.60 Å². The van der Waals surface area contributed by atoms with E-state index in [1.54, 1.807) is 6.07 Å². The summed E-state index contributed by atoms with van der Waals surface area (Å²) in [5.74, 6) is -0.0442. The highest BCUT2D eigenvalue weighted by Gasteiger charge is 2.48. The van der Waals surface area contributed by atoms with Crippen LogP contribution in [0.25, 0.3) is 0 Å². The lowest BCUT2D eigenvalue weighted by molar-refractivity contribution is -0.132. The summed E-state index contributed by atoms with van der Waals surface area (Å²) >= 11 is 0. The molecule has 0 radical (unpaired) electrons. The van der Waals surface area contributed by atoms with Crippen molar-refractivity contribution in [3.05, 3.63) is 17.7 Å². The first kappa shape index (κ1) is 13.7. The van der Waals surface area contributed by atoms with E-state index < -0.39 is 11.6 Å². The van der Waals surface area contributed by atoms with Crippen LogP contribution in [0.4, 0.5) is 5.69 Å². The molecule has 21 heavy (non-hydrogen) atoms. The first-order valence-electron chi connectivity index (χ1n) is 6.48. The number of nitrogens with one attached hydrogen (secondary N) is 1. The van der Waals surface area contributed by atoms with Gasteiger partial charge in [-0.25, -0.2) is 4.79 Å². The van der Waals surface area contributed by atoms with Gasteiger partial charge in [0.1, 0.15) is 17.1 Å². The Hall–Kier alpha value is -2.28. The Kier molecular flexibility index (Phi) is 3.21. The van der Waals surface area contributed by atoms with Crippen LogP contribution in [-0.2, 0) is 14.3 Å². The van der Waals surface area contributed by atoms with E-state index in [-0.39, 0.29) is 18.1 Å². The molecular weight excluding hydrogens is 278 g/mol. The summed E-state index contributed by atoms with van der Waals surface area (Å²) < 4.78 is 21.0. The highest BCUT2D eigenvalue weighted by Crippen LogP contribution is 2.41. The molecule has 1 N–H and O–H groups in total. The zero-order valence-electron chi connectivity index (χ0n) is 11.7. The highest BCUT2D eigenvalue weighted by atomic mass is 16.6. The van der Waals surface area contributed by atoms with Crippen LogP contribution in [0.2, 0.25) is 0 Å². The Balaban J connectivity index is 2.03.